The van der Waals surface area contributed by atoms with Gasteiger partial charge in [-0.15, -0.1) is 12.4 Å². The van der Waals surface area contributed by atoms with Crippen molar-refractivity contribution in [2.45, 2.75) is 31.8 Å². The van der Waals surface area contributed by atoms with Crippen molar-refractivity contribution in [1.29, 1.82) is 0 Å². The van der Waals surface area contributed by atoms with E-state index in [4.69, 9.17) is 0 Å². The van der Waals surface area contributed by atoms with E-state index in [9.17, 15) is 0 Å². The van der Waals surface area contributed by atoms with E-state index in [2.05, 4.69) is 34.4 Å². The Bertz CT molecular complexity index is 297. The lowest BCUT2D eigenvalue weighted by Gasteiger charge is -2.26. The average Bonchev–Trinajstić information content (AvgIpc) is 2.59. The van der Waals surface area contributed by atoms with Crippen LogP contribution < -0.4 is 5.32 Å². The normalized spacial score (nSPS) is 20.7. The number of halogens is 1. The van der Waals surface area contributed by atoms with Gasteiger partial charge in [0.05, 0.1) is 5.69 Å². The minimum atomic E-state index is 0. The predicted octanol–water partition coefficient (Wildman–Crippen LogP) is 2.08. The van der Waals surface area contributed by atoms with Gasteiger partial charge in [0.25, 0.3) is 0 Å². The third kappa shape index (κ3) is 4.62. The zero-order valence-electron chi connectivity index (χ0n) is 10.4. The van der Waals surface area contributed by atoms with E-state index in [1.807, 2.05) is 12.3 Å². The summed E-state index contributed by atoms with van der Waals surface area (Å²) in [6, 6.07) is 6.84. The van der Waals surface area contributed by atoms with Crippen LogP contribution in [0.4, 0.5) is 0 Å². The summed E-state index contributed by atoms with van der Waals surface area (Å²) in [4.78, 5) is 6.82. The summed E-state index contributed by atoms with van der Waals surface area (Å²) in [5.41, 5.74) is 1.17. The highest BCUT2D eigenvalue weighted by Crippen LogP contribution is 2.13. The van der Waals surface area contributed by atoms with Gasteiger partial charge in [-0.25, -0.2) is 0 Å². The summed E-state index contributed by atoms with van der Waals surface area (Å²) in [5, 5.41) is 3.45. The number of hydrogen-bond donors (Lipinski definition) is 1. The first-order chi connectivity index (χ1) is 7.86. The van der Waals surface area contributed by atoms with E-state index in [-0.39, 0.29) is 12.4 Å². The van der Waals surface area contributed by atoms with Crippen molar-refractivity contribution in [3.05, 3.63) is 30.1 Å². The van der Waals surface area contributed by atoms with E-state index < -0.39 is 0 Å². The van der Waals surface area contributed by atoms with E-state index >= 15 is 0 Å². The Morgan fingerprint density at radius 1 is 1.35 bits per heavy atom. The lowest BCUT2D eigenvalue weighted by molar-refractivity contribution is 0.214. The van der Waals surface area contributed by atoms with Crippen molar-refractivity contribution < 1.29 is 0 Å². The molecule has 1 aliphatic rings. The molecule has 1 unspecified atom stereocenters. The first-order valence-corrected chi connectivity index (χ1v) is 6.17. The van der Waals surface area contributed by atoms with E-state index in [1.54, 1.807) is 0 Å². The maximum absolute atomic E-state index is 4.38. The molecule has 0 amide bonds. The standard InChI is InChI=1S/C13H21N3.ClH/c1-16(11-12-5-2-3-9-15-12)13-6-4-8-14-10-7-13;/h2-3,5,9,13-14H,4,6-8,10-11H2,1H3;1H. The molecule has 2 heterocycles. The number of hydrogen-bond acceptors (Lipinski definition) is 3. The molecule has 96 valence electrons. The number of nitrogens with one attached hydrogen (secondary N) is 1. The fourth-order valence-corrected chi connectivity index (χ4v) is 2.32. The van der Waals surface area contributed by atoms with Crippen LogP contribution in [-0.4, -0.2) is 36.1 Å². The van der Waals surface area contributed by atoms with Gasteiger partial charge in [0.15, 0.2) is 0 Å². The third-order valence-corrected chi connectivity index (χ3v) is 3.31. The van der Waals surface area contributed by atoms with Crippen molar-refractivity contribution in [2.75, 3.05) is 20.1 Å². The van der Waals surface area contributed by atoms with Gasteiger partial charge in [-0.05, 0) is 51.5 Å². The Morgan fingerprint density at radius 3 is 3.00 bits per heavy atom. The Hall–Kier alpha value is -0.640. The molecule has 4 heteroatoms. The lowest BCUT2D eigenvalue weighted by atomic mass is 10.1. The fourth-order valence-electron chi connectivity index (χ4n) is 2.32. The SMILES string of the molecule is CN(Cc1ccccn1)C1CCCNCC1.Cl. The number of pyridine rings is 1. The molecule has 1 N–H and O–H groups in total. The molecule has 1 atom stereocenters. The Labute approximate surface area is 110 Å². The van der Waals surface area contributed by atoms with E-state index in [1.165, 1.54) is 31.5 Å². The molecule has 0 spiro atoms. The topological polar surface area (TPSA) is 28.2 Å². The number of aromatic nitrogens is 1. The van der Waals surface area contributed by atoms with Crippen LogP contribution in [-0.2, 0) is 6.54 Å². The van der Waals surface area contributed by atoms with Gasteiger partial charge < -0.3 is 5.32 Å². The summed E-state index contributed by atoms with van der Waals surface area (Å²) < 4.78 is 0. The zero-order valence-corrected chi connectivity index (χ0v) is 11.2. The van der Waals surface area contributed by atoms with Crippen molar-refractivity contribution in [2.24, 2.45) is 0 Å². The fraction of sp³-hybridized carbons (Fsp3) is 0.615. The van der Waals surface area contributed by atoms with Crippen LogP contribution in [0.25, 0.3) is 0 Å². The molecule has 0 bridgehead atoms. The molecule has 0 saturated carbocycles. The van der Waals surface area contributed by atoms with Crippen molar-refractivity contribution in [3.8, 4) is 0 Å². The van der Waals surface area contributed by atoms with Gasteiger partial charge in [-0.3, -0.25) is 9.88 Å². The summed E-state index contributed by atoms with van der Waals surface area (Å²) in [6.07, 6.45) is 5.72. The Kier molecular flexibility index (Phi) is 6.48. The van der Waals surface area contributed by atoms with Crippen LogP contribution in [0.3, 0.4) is 0 Å². The maximum Gasteiger partial charge on any atom is 0.0543 e. The summed E-state index contributed by atoms with van der Waals surface area (Å²) in [6.45, 7) is 3.29. The third-order valence-electron chi connectivity index (χ3n) is 3.31. The second kappa shape index (κ2) is 7.64. The molecule has 0 aliphatic carbocycles. The highest BCUT2D eigenvalue weighted by atomic mass is 35.5. The first-order valence-electron chi connectivity index (χ1n) is 6.17. The summed E-state index contributed by atoms with van der Waals surface area (Å²) in [7, 11) is 2.21. The van der Waals surface area contributed by atoms with Gasteiger partial charge in [0, 0.05) is 18.8 Å². The first kappa shape index (κ1) is 14.4. The smallest absolute Gasteiger partial charge is 0.0543 e. The van der Waals surface area contributed by atoms with Gasteiger partial charge in [0.1, 0.15) is 0 Å². The van der Waals surface area contributed by atoms with Gasteiger partial charge in [0.2, 0.25) is 0 Å². The molecule has 1 fully saturated rings. The molecule has 1 aliphatic heterocycles. The molecule has 1 aromatic rings. The predicted molar refractivity (Wildman–Crippen MR) is 73.5 cm³/mol. The highest BCUT2D eigenvalue weighted by molar-refractivity contribution is 5.85. The highest BCUT2D eigenvalue weighted by Gasteiger charge is 2.16. The van der Waals surface area contributed by atoms with Crippen molar-refractivity contribution >= 4 is 12.4 Å². The van der Waals surface area contributed by atoms with Crippen LogP contribution in [0.5, 0.6) is 0 Å². The Morgan fingerprint density at radius 2 is 2.24 bits per heavy atom. The van der Waals surface area contributed by atoms with Crippen LogP contribution in [0.2, 0.25) is 0 Å². The summed E-state index contributed by atoms with van der Waals surface area (Å²) in [5.74, 6) is 0. The zero-order chi connectivity index (χ0) is 11.2. The molecule has 17 heavy (non-hydrogen) atoms. The summed E-state index contributed by atoms with van der Waals surface area (Å²) >= 11 is 0. The number of rotatable bonds is 3. The van der Waals surface area contributed by atoms with Crippen LogP contribution >= 0.6 is 12.4 Å². The van der Waals surface area contributed by atoms with Gasteiger partial charge in [-0.2, -0.15) is 0 Å². The molecular weight excluding hydrogens is 234 g/mol. The molecule has 3 nitrogen and oxygen atoms in total. The maximum atomic E-state index is 4.38. The van der Waals surface area contributed by atoms with Crippen molar-refractivity contribution in [1.82, 2.24) is 15.2 Å². The van der Waals surface area contributed by atoms with Gasteiger partial charge >= 0.3 is 0 Å². The molecular formula is C13H22ClN3. The molecule has 0 aromatic carbocycles. The van der Waals surface area contributed by atoms with Crippen molar-refractivity contribution in [3.63, 3.8) is 0 Å². The minimum absolute atomic E-state index is 0. The van der Waals surface area contributed by atoms with E-state index in [0.29, 0.717) is 6.04 Å². The quantitative estimate of drug-likeness (QED) is 0.897. The van der Waals surface area contributed by atoms with Crippen LogP contribution in [0.15, 0.2) is 24.4 Å². The monoisotopic (exact) mass is 255 g/mol. The molecule has 2 rings (SSSR count). The largest absolute Gasteiger partial charge is 0.317 e. The minimum Gasteiger partial charge on any atom is -0.317 e. The average molecular weight is 256 g/mol. The molecule has 0 radical (unpaired) electrons. The number of nitrogens with zero attached hydrogens (tertiary/aromatic N) is 2. The Balaban J connectivity index is 0.00000144. The molecule has 1 aromatic heterocycles. The van der Waals surface area contributed by atoms with E-state index in [0.717, 1.165) is 13.1 Å². The molecule has 1 saturated heterocycles. The second-order valence-corrected chi connectivity index (χ2v) is 4.57. The second-order valence-electron chi connectivity index (χ2n) is 4.57. The van der Waals surface area contributed by atoms with Crippen LogP contribution in [0.1, 0.15) is 25.0 Å². The van der Waals surface area contributed by atoms with Gasteiger partial charge in [-0.1, -0.05) is 6.07 Å². The lowest BCUT2D eigenvalue weighted by Crippen LogP contribution is -2.32. The van der Waals surface area contributed by atoms with Crippen LogP contribution in [0, 0.1) is 0 Å².